The Morgan fingerprint density at radius 1 is 1.16 bits per heavy atom. The number of halogens is 2. The maximum Gasteiger partial charge on any atom is 0.233 e. The summed E-state index contributed by atoms with van der Waals surface area (Å²) in [6.07, 6.45) is 3.39. The molecule has 164 valence electrons. The monoisotopic (exact) mass is 487 g/mol. The van der Waals surface area contributed by atoms with Crippen molar-refractivity contribution in [1.82, 2.24) is 24.6 Å². The topological polar surface area (TPSA) is 77.1 Å². The largest absolute Gasteiger partial charge is 0.464 e. The average Bonchev–Trinajstić information content (AvgIpc) is 3.40. The zero-order valence-corrected chi connectivity index (χ0v) is 19.7. The number of nitrogens with zero attached hydrogens (tertiary/aromatic N) is 5. The van der Waals surface area contributed by atoms with Gasteiger partial charge in [0, 0.05) is 25.0 Å². The molecule has 0 N–H and O–H groups in total. The fourth-order valence-electron chi connectivity index (χ4n) is 3.03. The van der Waals surface area contributed by atoms with Crippen molar-refractivity contribution >= 4 is 40.9 Å². The van der Waals surface area contributed by atoms with Crippen LogP contribution in [0.3, 0.4) is 0 Å². The Morgan fingerprint density at radius 2 is 2.00 bits per heavy atom. The third kappa shape index (κ3) is 4.98. The second-order valence-corrected chi connectivity index (χ2v) is 8.79. The number of carbonyl (C=O) groups is 1. The lowest BCUT2D eigenvalue weighted by molar-refractivity contribution is -0.127. The van der Waals surface area contributed by atoms with E-state index in [1.165, 1.54) is 11.8 Å². The normalized spacial score (nSPS) is 11.0. The SMILES string of the molecule is Cc1ccc(CN(C)C(=O)CSc2nnc(-c3cccnc3)n2-c2ccc(Cl)c(Cl)c2)o1. The molecular formula is C22H19Cl2N5O2S. The summed E-state index contributed by atoms with van der Waals surface area (Å²) < 4.78 is 7.40. The summed E-state index contributed by atoms with van der Waals surface area (Å²) in [5.74, 6) is 2.26. The van der Waals surface area contributed by atoms with Crippen molar-refractivity contribution in [3.8, 4) is 17.1 Å². The highest BCUT2D eigenvalue weighted by atomic mass is 35.5. The van der Waals surface area contributed by atoms with Crippen LogP contribution in [0, 0.1) is 6.92 Å². The molecule has 0 aliphatic rings. The van der Waals surface area contributed by atoms with Gasteiger partial charge in [-0.1, -0.05) is 35.0 Å². The van der Waals surface area contributed by atoms with Crippen molar-refractivity contribution in [2.75, 3.05) is 12.8 Å². The zero-order valence-electron chi connectivity index (χ0n) is 17.3. The molecule has 7 nitrogen and oxygen atoms in total. The number of furan rings is 1. The Morgan fingerprint density at radius 3 is 2.69 bits per heavy atom. The predicted octanol–water partition coefficient (Wildman–Crippen LogP) is 5.29. The summed E-state index contributed by atoms with van der Waals surface area (Å²) in [6.45, 7) is 2.27. The summed E-state index contributed by atoms with van der Waals surface area (Å²) in [4.78, 5) is 18.5. The van der Waals surface area contributed by atoms with Gasteiger partial charge in [-0.2, -0.15) is 0 Å². The Bertz CT molecular complexity index is 1240. The minimum atomic E-state index is -0.0596. The lowest BCUT2D eigenvalue weighted by Gasteiger charge is -2.16. The summed E-state index contributed by atoms with van der Waals surface area (Å²) in [5.41, 5.74) is 1.52. The van der Waals surface area contributed by atoms with Crippen LogP contribution in [-0.2, 0) is 11.3 Å². The quantitative estimate of drug-likeness (QED) is 0.329. The summed E-state index contributed by atoms with van der Waals surface area (Å²) in [6, 6.07) is 12.7. The lowest BCUT2D eigenvalue weighted by atomic mass is 10.2. The first-order valence-electron chi connectivity index (χ1n) is 9.65. The minimum absolute atomic E-state index is 0.0596. The van der Waals surface area contributed by atoms with Crippen LogP contribution in [0.25, 0.3) is 17.1 Å². The van der Waals surface area contributed by atoms with Crippen LogP contribution >= 0.6 is 35.0 Å². The van der Waals surface area contributed by atoms with E-state index in [1.54, 1.807) is 36.5 Å². The van der Waals surface area contributed by atoms with Crippen molar-refractivity contribution in [3.63, 3.8) is 0 Å². The third-order valence-corrected chi connectivity index (χ3v) is 6.31. The Balaban J connectivity index is 1.58. The molecule has 0 bridgehead atoms. The fraction of sp³-hybridized carbons (Fsp3) is 0.182. The number of carbonyl (C=O) groups excluding carboxylic acids is 1. The molecule has 0 saturated heterocycles. The molecule has 3 aromatic heterocycles. The van der Waals surface area contributed by atoms with E-state index in [1.807, 2.05) is 41.8 Å². The van der Waals surface area contributed by atoms with E-state index in [0.29, 0.717) is 27.6 Å². The standard InChI is InChI=1S/C22H19Cl2N5O2S/c1-14-5-7-17(31-14)12-28(2)20(30)13-32-22-27-26-21(15-4-3-9-25-11-15)29(22)16-6-8-18(23)19(24)10-16/h3-11H,12-13H2,1-2H3. The Hall–Kier alpha value is -2.81. The van der Waals surface area contributed by atoms with Gasteiger partial charge in [-0.3, -0.25) is 14.3 Å². The molecule has 3 heterocycles. The predicted molar refractivity (Wildman–Crippen MR) is 125 cm³/mol. The summed E-state index contributed by atoms with van der Waals surface area (Å²) >= 11 is 13.6. The van der Waals surface area contributed by atoms with Gasteiger partial charge in [0.15, 0.2) is 11.0 Å². The van der Waals surface area contributed by atoms with Crippen molar-refractivity contribution in [3.05, 3.63) is 76.4 Å². The van der Waals surface area contributed by atoms with Crippen LogP contribution in [-0.4, -0.2) is 43.4 Å². The number of amides is 1. The van der Waals surface area contributed by atoms with E-state index in [2.05, 4.69) is 15.2 Å². The molecular weight excluding hydrogens is 469 g/mol. The first-order chi connectivity index (χ1) is 15.4. The highest BCUT2D eigenvalue weighted by Gasteiger charge is 2.19. The van der Waals surface area contributed by atoms with E-state index in [-0.39, 0.29) is 11.7 Å². The molecule has 10 heteroatoms. The van der Waals surface area contributed by atoms with E-state index in [4.69, 9.17) is 27.6 Å². The first-order valence-corrected chi connectivity index (χ1v) is 11.4. The van der Waals surface area contributed by atoms with Crippen LogP contribution in [0.1, 0.15) is 11.5 Å². The van der Waals surface area contributed by atoms with Gasteiger partial charge in [-0.05, 0) is 49.4 Å². The molecule has 4 rings (SSSR count). The zero-order chi connectivity index (χ0) is 22.7. The molecule has 0 aliphatic carbocycles. The summed E-state index contributed by atoms with van der Waals surface area (Å²) in [7, 11) is 1.74. The van der Waals surface area contributed by atoms with Crippen LogP contribution in [0.5, 0.6) is 0 Å². The molecule has 0 fully saturated rings. The van der Waals surface area contributed by atoms with Crippen LogP contribution in [0.2, 0.25) is 10.0 Å². The van der Waals surface area contributed by atoms with Gasteiger partial charge in [0.1, 0.15) is 11.5 Å². The van der Waals surface area contributed by atoms with E-state index in [9.17, 15) is 4.79 Å². The maximum atomic E-state index is 12.7. The van der Waals surface area contributed by atoms with Crippen LogP contribution in [0.15, 0.2) is 64.4 Å². The highest BCUT2D eigenvalue weighted by Crippen LogP contribution is 2.31. The number of aromatic nitrogens is 4. The van der Waals surface area contributed by atoms with Crippen molar-refractivity contribution in [1.29, 1.82) is 0 Å². The van der Waals surface area contributed by atoms with Gasteiger partial charge in [0.25, 0.3) is 0 Å². The Labute approximate surface area is 199 Å². The second kappa shape index (κ2) is 9.77. The molecule has 0 atom stereocenters. The van der Waals surface area contributed by atoms with Gasteiger partial charge < -0.3 is 9.32 Å². The van der Waals surface area contributed by atoms with Crippen LogP contribution < -0.4 is 0 Å². The number of hydrogen-bond acceptors (Lipinski definition) is 6. The van der Waals surface area contributed by atoms with Crippen LogP contribution in [0.4, 0.5) is 0 Å². The molecule has 0 unspecified atom stereocenters. The van der Waals surface area contributed by atoms with Gasteiger partial charge in [0.2, 0.25) is 5.91 Å². The number of pyridine rings is 1. The van der Waals surface area contributed by atoms with Crippen molar-refractivity contribution < 1.29 is 9.21 Å². The van der Waals surface area contributed by atoms with Crippen molar-refractivity contribution in [2.45, 2.75) is 18.6 Å². The average molecular weight is 488 g/mol. The molecule has 1 amide bonds. The number of aryl methyl sites for hydroxylation is 1. The van der Waals surface area contributed by atoms with E-state index < -0.39 is 0 Å². The molecule has 0 saturated carbocycles. The van der Waals surface area contributed by atoms with Gasteiger partial charge in [-0.15, -0.1) is 10.2 Å². The van der Waals surface area contributed by atoms with Gasteiger partial charge in [-0.25, -0.2) is 0 Å². The van der Waals surface area contributed by atoms with Crippen molar-refractivity contribution in [2.24, 2.45) is 0 Å². The Kier molecular flexibility index (Phi) is 6.83. The van der Waals surface area contributed by atoms with Gasteiger partial charge >= 0.3 is 0 Å². The molecule has 0 spiro atoms. The minimum Gasteiger partial charge on any atom is -0.464 e. The first kappa shape index (κ1) is 22.4. The number of rotatable bonds is 7. The fourth-order valence-corrected chi connectivity index (χ4v) is 4.22. The number of thioether (sulfide) groups is 1. The molecule has 0 aliphatic heterocycles. The molecule has 32 heavy (non-hydrogen) atoms. The summed E-state index contributed by atoms with van der Waals surface area (Å²) in [5, 5.41) is 10.1. The molecule has 0 radical (unpaired) electrons. The van der Waals surface area contributed by atoms with E-state index in [0.717, 1.165) is 22.8 Å². The smallest absolute Gasteiger partial charge is 0.233 e. The highest BCUT2D eigenvalue weighted by molar-refractivity contribution is 7.99. The molecule has 1 aromatic carbocycles. The second-order valence-electron chi connectivity index (χ2n) is 7.03. The van der Waals surface area contributed by atoms with E-state index >= 15 is 0 Å². The lowest BCUT2D eigenvalue weighted by Crippen LogP contribution is -2.27. The number of benzene rings is 1. The third-order valence-electron chi connectivity index (χ3n) is 4.65. The molecule has 4 aromatic rings. The van der Waals surface area contributed by atoms with Gasteiger partial charge in [0.05, 0.1) is 28.0 Å². The maximum absolute atomic E-state index is 12.7. The number of hydrogen-bond donors (Lipinski definition) is 0.